The molecule has 9 nitrogen and oxygen atoms in total. The molecular weight excluding hydrogens is 561 g/mol. The molecule has 3 fully saturated rings. The average Bonchev–Trinajstić information content (AvgIpc) is 3.82. The molecule has 2 N–H and O–H groups in total. The monoisotopic (exact) mass is 598 g/mol. The Labute approximate surface area is 248 Å². The van der Waals surface area contributed by atoms with Crippen LogP contribution in [-0.2, 0) is 11.0 Å². The lowest BCUT2D eigenvalue weighted by atomic mass is 10.1. The maximum Gasteiger partial charge on any atom is 0.433 e. The van der Waals surface area contributed by atoms with Crippen LogP contribution < -0.4 is 10.1 Å². The highest BCUT2D eigenvalue weighted by Gasteiger charge is 2.35. The summed E-state index contributed by atoms with van der Waals surface area (Å²) in [5, 5.41) is 14.0. The molecule has 4 heterocycles. The molecule has 3 aliphatic rings. The fourth-order valence-corrected chi connectivity index (χ4v) is 6.28. The smallest absolute Gasteiger partial charge is 0.433 e. The number of carbonyl (C=O) groups is 1. The van der Waals surface area contributed by atoms with Gasteiger partial charge < -0.3 is 29.5 Å². The number of aromatic nitrogens is 3. The number of halogens is 3. The van der Waals surface area contributed by atoms with Crippen LogP contribution in [0.15, 0.2) is 49.2 Å². The third-order valence-electron chi connectivity index (χ3n) is 8.66. The van der Waals surface area contributed by atoms with Gasteiger partial charge in [-0.1, -0.05) is 12.6 Å². The molecule has 230 valence electrons. The Bertz CT molecular complexity index is 1460. The first-order chi connectivity index (χ1) is 20.7. The first-order valence-electron chi connectivity index (χ1n) is 15.0. The summed E-state index contributed by atoms with van der Waals surface area (Å²) in [6.45, 7) is 6.64. The van der Waals surface area contributed by atoms with E-state index in [1.54, 1.807) is 4.90 Å². The van der Waals surface area contributed by atoms with Crippen LogP contribution in [-0.4, -0.2) is 73.7 Å². The van der Waals surface area contributed by atoms with Crippen LogP contribution in [0.4, 0.5) is 19.1 Å². The summed E-state index contributed by atoms with van der Waals surface area (Å²) in [4.78, 5) is 25.1. The first kappa shape index (κ1) is 29.4. The quantitative estimate of drug-likeness (QED) is 0.269. The van der Waals surface area contributed by atoms with Crippen molar-refractivity contribution in [3.63, 3.8) is 0 Å². The van der Waals surface area contributed by atoms with E-state index in [1.807, 2.05) is 22.8 Å². The first-order valence-corrected chi connectivity index (χ1v) is 15.0. The fourth-order valence-electron chi connectivity index (χ4n) is 6.28. The van der Waals surface area contributed by atoms with E-state index in [0.29, 0.717) is 24.4 Å². The molecule has 2 saturated heterocycles. The Kier molecular flexibility index (Phi) is 8.32. The van der Waals surface area contributed by atoms with Crippen LogP contribution in [0, 0.1) is 0 Å². The van der Waals surface area contributed by atoms with Crippen molar-refractivity contribution in [2.45, 2.75) is 75.5 Å². The lowest BCUT2D eigenvalue weighted by Gasteiger charge is -2.32. The number of ether oxygens (including phenoxy) is 1. The molecule has 12 heteroatoms. The van der Waals surface area contributed by atoms with E-state index in [-0.39, 0.29) is 29.6 Å². The van der Waals surface area contributed by atoms with Crippen LogP contribution >= 0.6 is 0 Å². The second kappa shape index (κ2) is 12.2. The van der Waals surface area contributed by atoms with E-state index in [4.69, 9.17) is 9.72 Å². The summed E-state index contributed by atoms with van der Waals surface area (Å²) in [6.07, 6.45) is 3.03. The Morgan fingerprint density at radius 2 is 1.88 bits per heavy atom. The van der Waals surface area contributed by atoms with Gasteiger partial charge in [0.15, 0.2) is 6.23 Å². The zero-order chi connectivity index (χ0) is 30.1. The Hall–Kier alpha value is -3.64. The lowest BCUT2D eigenvalue weighted by molar-refractivity contribution is -0.141. The molecule has 6 rings (SSSR count). The number of rotatable bonds is 8. The third kappa shape index (κ3) is 6.50. The zero-order valence-corrected chi connectivity index (χ0v) is 24.0. The summed E-state index contributed by atoms with van der Waals surface area (Å²) in [6, 6.07) is 8.28. The van der Waals surface area contributed by atoms with Crippen molar-refractivity contribution in [1.82, 2.24) is 24.3 Å². The van der Waals surface area contributed by atoms with E-state index in [2.05, 4.69) is 21.8 Å². The number of anilines is 1. The van der Waals surface area contributed by atoms with Gasteiger partial charge in [-0.05, 0) is 75.3 Å². The predicted octanol–water partition coefficient (Wildman–Crippen LogP) is 5.30. The summed E-state index contributed by atoms with van der Waals surface area (Å²) < 4.78 is 48.6. The minimum absolute atomic E-state index is 0.00385. The maximum atomic E-state index is 13.3. The van der Waals surface area contributed by atoms with Crippen LogP contribution in [0.1, 0.15) is 68.5 Å². The molecule has 0 bridgehead atoms. The van der Waals surface area contributed by atoms with Gasteiger partial charge in [0.05, 0.1) is 11.6 Å². The van der Waals surface area contributed by atoms with Gasteiger partial charge in [0.1, 0.15) is 23.1 Å². The van der Waals surface area contributed by atoms with Crippen molar-refractivity contribution < 1.29 is 27.8 Å². The molecular formula is C31H37F3N6O3. The van der Waals surface area contributed by atoms with Crippen molar-refractivity contribution in [1.29, 1.82) is 0 Å². The van der Waals surface area contributed by atoms with Crippen LogP contribution in [0.25, 0.3) is 11.0 Å². The van der Waals surface area contributed by atoms with E-state index in [0.717, 1.165) is 69.0 Å². The number of hydrogen-bond acceptors (Lipinski definition) is 7. The molecule has 1 unspecified atom stereocenters. The average molecular weight is 599 g/mol. The number of nitrogens with zero attached hydrogens (tertiary/aromatic N) is 5. The molecule has 2 atom stereocenters. The van der Waals surface area contributed by atoms with Gasteiger partial charge in [-0.25, -0.2) is 4.98 Å². The number of fused-ring (bicyclic) bond motifs is 1. The Morgan fingerprint density at radius 3 is 2.60 bits per heavy atom. The van der Waals surface area contributed by atoms with E-state index >= 15 is 0 Å². The number of imidazole rings is 1. The summed E-state index contributed by atoms with van der Waals surface area (Å²) in [5.41, 5.74) is 0.263. The Morgan fingerprint density at radius 1 is 1.09 bits per heavy atom. The highest BCUT2D eigenvalue weighted by Crippen LogP contribution is 2.38. The molecule has 0 spiro atoms. The van der Waals surface area contributed by atoms with E-state index in [1.165, 1.54) is 25.0 Å². The van der Waals surface area contributed by atoms with Crippen molar-refractivity contribution in [2.75, 3.05) is 31.5 Å². The maximum absolute atomic E-state index is 13.3. The number of hydrogen-bond donors (Lipinski definition) is 2. The standard InChI is InChI=1S/C31H37F3N6O3/c1-2-27(41)39-15-4-3-6-22(19-39)40-28-24(7-5-8-25(28)43-23-12-16-38(17-13-23)21-9-10-21)36-30(40)37-29(42)20-11-14-35-26(18-20)31(32,33)34/h2,5,7-8,11,14,18,21-23,29,42H,1,3-4,6,9-10,12-13,15-17,19H2,(H,36,37)/t22-,29?/m1/s1. The molecule has 1 amide bonds. The molecule has 1 aromatic carbocycles. The fraction of sp³-hybridized carbons (Fsp3) is 0.516. The van der Waals surface area contributed by atoms with Gasteiger partial charge in [0, 0.05) is 44.0 Å². The second-order valence-corrected chi connectivity index (χ2v) is 11.7. The minimum atomic E-state index is -4.65. The number of piperidine rings is 1. The van der Waals surface area contributed by atoms with Gasteiger partial charge in [0.2, 0.25) is 11.9 Å². The second-order valence-electron chi connectivity index (χ2n) is 11.7. The molecule has 2 aromatic heterocycles. The number of aliphatic hydroxyl groups excluding tert-OH is 1. The summed E-state index contributed by atoms with van der Waals surface area (Å²) >= 11 is 0. The van der Waals surface area contributed by atoms with Gasteiger partial charge >= 0.3 is 6.18 Å². The van der Waals surface area contributed by atoms with Gasteiger partial charge in [-0.3, -0.25) is 9.78 Å². The largest absolute Gasteiger partial charge is 0.488 e. The van der Waals surface area contributed by atoms with Gasteiger partial charge in [0.25, 0.3) is 0 Å². The number of para-hydroxylation sites is 1. The zero-order valence-electron chi connectivity index (χ0n) is 24.0. The number of likely N-dealkylation sites (tertiary alicyclic amines) is 2. The molecule has 1 aliphatic carbocycles. The normalized spacial score (nSPS) is 21.4. The van der Waals surface area contributed by atoms with Crippen LogP contribution in [0.2, 0.25) is 0 Å². The Balaban J connectivity index is 1.35. The molecule has 1 saturated carbocycles. The summed E-state index contributed by atoms with van der Waals surface area (Å²) in [5.74, 6) is 0.776. The predicted molar refractivity (Wildman–Crippen MR) is 155 cm³/mol. The van der Waals surface area contributed by atoms with E-state index in [9.17, 15) is 23.1 Å². The van der Waals surface area contributed by atoms with Crippen molar-refractivity contribution in [3.8, 4) is 5.75 Å². The molecule has 43 heavy (non-hydrogen) atoms. The van der Waals surface area contributed by atoms with Gasteiger partial charge in [-0.15, -0.1) is 0 Å². The van der Waals surface area contributed by atoms with Crippen molar-refractivity contribution in [3.05, 3.63) is 60.4 Å². The molecule has 3 aromatic rings. The number of benzene rings is 1. The van der Waals surface area contributed by atoms with Crippen molar-refractivity contribution in [2.24, 2.45) is 0 Å². The number of amides is 1. The number of nitrogens with one attached hydrogen (secondary N) is 1. The SMILES string of the molecule is C=CC(=O)N1CCCC[C@@H](n2c(NC(O)c3ccnc(C(F)(F)F)c3)nc3cccc(OC4CCN(C5CC5)CC4)c32)C1. The lowest BCUT2D eigenvalue weighted by Crippen LogP contribution is -2.39. The number of pyridine rings is 1. The number of aliphatic hydroxyl groups is 1. The highest BCUT2D eigenvalue weighted by atomic mass is 19.4. The summed E-state index contributed by atoms with van der Waals surface area (Å²) in [7, 11) is 0. The van der Waals surface area contributed by atoms with Gasteiger partial charge in [-0.2, -0.15) is 13.2 Å². The van der Waals surface area contributed by atoms with Crippen LogP contribution in [0.3, 0.4) is 0 Å². The number of carbonyl (C=O) groups excluding carboxylic acids is 1. The topological polar surface area (TPSA) is 95.8 Å². The third-order valence-corrected chi connectivity index (χ3v) is 8.66. The highest BCUT2D eigenvalue weighted by molar-refractivity contribution is 5.87. The van der Waals surface area contributed by atoms with Crippen LogP contribution in [0.5, 0.6) is 5.75 Å². The van der Waals surface area contributed by atoms with E-state index < -0.39 is 18.1 Å². The minimum Gasteiger partial charge on any atom is -0.488 e. The molecule has 0 radical (unpaired) electrons. The number of alkyl halides is 3. The molecule has 2 aliphatic heterocycles. The van der Waals surface area contributed by atoms with Crippen molar-refractivity contribution >= 4 is 22.9 Å².